The number of nitrogens with one attached hydrogen (secondary N) is 1. The van der Waals surface area contributed by atoms with E-state index >= 15 is 0 Å². The molecule has 0 atom stereocenters. The van der Waals surface area contributed by atoms with Crippen LogP contribution in [0, 0.1) is 0 Å². The van der Waals surface area contributed by atoms with Crippen LogP contribution in [-0.2, 0) is 11.3 Å². The number of ether oxygens (including phenoxy) is 2. The van der Waals surface area contributed by atoms with E-state index in [1.54, 1.807) is 7.11 Å². The number of aromatic nitrogens is 1. The quantitative estimate of drug-likeness (QED) is 0.909. The highest BCUT2D eigenvalue weighted by molar-refractivity contribution is 5.86. The van der Waals surface area contributed by atoms with Gasteiger partial charge in [0.15, 0.2) is 0 Å². The molecule has 1 aromatic heterocycles. The van der Waals surface area contributed by atoms with Crippen molar-refractivity contribution in [2.24, 2.45) is 0 Å². The topological polar surface area (TPSA) is 35.4 Å². The minimum absolute atomic E-state index is 0.611. The molecular formula is C16H22N2O2. The van der Waals surface area contributed by atoms with Crippen molar-refractivity contribution in [3.8, 4) is 5.75 Å². The van der Waals surface area contributed by atoms with Crippen molar-refractivity contribution in [1.82, 2.24) is 9.88 Å². The van der Waals surface area contributed by atoms with Crippen LogP contribution in [0.4, 0.5) is 0 Å². The second-order valence-electron chi connectivity index (χ2n) is 5.24. The predicted octanol–water partition coefficient (Wildman–Crippen LogP) is 2.42. The zero-order valence-corrected chi connectivity index (χ0v) is 12.0. The lowest BCUT2D eigenvalue weighted by Crippen LogP contribution is -2.36. The zero-order chi connectivity index (χ0) is 13.8. The molecule has 2 heterocycles. The Labute approximate surface area is 119 Å². The van der Waals surface area contributed by atoms with Crippen molar-refractivity contribution in [3.05, 3.63) is 30.5 Å². The molecule has 0 radical (unpaired) electrons. The fourth-order valence-electron chi connectivity index (χ4n) is 2.86. The van der Waals surface area contributed by atoms with Crippen LogP contribution in [0.25, 0.3) is 10.9 Å². The first kappa shape index (κ1) is 13.5. The highest BCUT2D eigenvalue weighted by Crippen LogP contribution is 2.26. The maximum absolute atomic E-state index is 5.40. The highest BCUT2D eigenvalue weighted by Gasteiger charge is 2.12. The van der Waals surface area contributed by atoms with E-state index < -0.39 is 0 Å². The lowest BCUT2D eigenvalue weighted by molar-refractivity contribution is 0.0779. The molecule has 0 unspecified atom stereocenters. The maximum atomic E-state index is 5.40. The van der Waals surface area contributed by atoms with E-state index in [2.05, 4.69) is 28.2 Å². The molecule has 0 spiro atoms. The van der Waals surface area contributed by atoms with Crippen LogP contribution in [0.3, 0.4) is 0 Å². The molecule has 2 aromatic rings. The van der Waals surface area contributed by atoms with Gasteiger partial charge in [0.05, 0.1) is 12.6 Å². The van der Waals surface area contributed by atoms with Gasteiger partial charge in [0.2, 0.25) is 0 Å². The molecule has 4 heteroatoms. The number of rotatable bonds is 5. The van der Waals surface area contributed by atoms with Crippen molar-refractivity contribution in [1.29, 1.82) is 0 Å². The van der Waals surface area contributed by atoms with E-state index in [1.807, 2.05) is 12.1 Å². The normalized spacial score (nSPS) is 16.6. The minimum atomic E-state index is 0.611. The van der Waals surface area contributed by atoms with Gasteiger partial charge in [-0.05, 0) is 31.0 Å². The van der Waals surface area contributed by atoms with Crippen LogP contribution >= 0.6 is 0 Å². The van der Waals surface area contributed by atoms with Gasteiger partial charge in [-0.15, -0.1) is 0 Å². The number of methoxy groups -OCH3 is 1. The SMILES string of the molecule is COc1cccc2c1ccn2CCNC1CCOCC1. The van der Waals surface area contributed by atoms with E-state index in [1.165, 1.54) is 10.9 Å². The first-order chi connectivity index (χ1) is 9.88. The smallest absolute Gasteiger partial charge is 0.128 e. The number of fused-ring (bicyclic) bond motifs is 1. The van der Waals surface area contributed by atoms with Gasteiger partial charge in [-0.3, -0.25) is 0 Å². The summed E-state index contributed by atoms with van der Waals surface area (Å²) < 4.78 is 13.1. The summed E-state index contributed by atoms with van der Waals surface area (Å²) in [7, 11) is 1.72. The summed E-state index contributed by atoms with van der Waals surface area (Å²) in [5.74, 6) is 0.943. The van der Waals surface area contributed by atoms with E-state index in [0.717, 1.165) is 44.9 Å². The molecule has 0 saturated carbocycles. The number of hydrogen-bond acceptors (Lipinski definition) is 3. The standard InChI is InChI=1S/C16H22N2O2/c1-19-16-4-2-3-15-14(16)5-9-18(15)10-8-17-13-6-11-20-12-7-13/h2-5,9,13,17H,6-8,10-12H2,1H3. The molecule has 108 valence electrons. The Morgan fingerprint density at radius 1 is 1.30 bits per heavy atom. The van der Waals surface area contributed by atoms with Gasteiger partial charge in [0, 0.05) is 43.9 Å². The summed E-state index contributed by atoms with van der Waals surface area (Å²) in [6.07, 6.45) is 4.39. The van der Waals surface area contributed by atoms with Crippen LogP contribution in [0.2, 0.25) is 0 Å². The van der Waals surface area contributed by atoms with E-state index in [4.69, 9.17) is 9.47 Å². The molecule has 0 aliphatic carbocycles. The van der Waals surface area contributed by atoms with Gasteiger partial charge in [0.25, 0.3) is 0 Å². The summed E-state index contributed by atoms with van der Waals surface area (Å²) in [5, 5.41) is 4.80. The van der Waals surface area contributed by atoms with Crippen molar-refractivity contribution in [3.63, 3.8) is 0 Å². The summed E-state index contributed by atoms with van der Waals surface area (Å²) >= 11 is 0. The number of nitrogens with zero attached hydrogens (tertiary/aromatic N) is 1. The van der Waals surface area contributed by atoms with E-state index in [-0.39, 0.29) is 0 Å². The van der Waals surface area contributed by atoms with E-state index in [0.29, 0.717) is 6.04 Å². The summed E-state index contributed by atoms with van der Waals surface area (Å²) in [6, 6.07) is 8.94. The van der Waals surface area contributed by atoms with Crippen LogP contribution < -0.4 is 10.1 Å². The lowest BCUT2D eigenvalue weighted by Gasteiger charge is -2.23. The lowest BCUT2D eigenvalue weighted by atomic mass is 10.1. The highest BCUT2D eigenvalue weighted by atomic mass is 16.5. The fourth-order valence-corrected chi connectivity index (χ4v) is 2.86. The van der Waals surface area contributed by atoms with Crippen LogP contribution in [-0.4, -0.2) is 37.5 Å². The Morgan fingerprint density at radius 3 is 2.95 bits per heavy atom. The van der Waals surface area contributed by atoms with Gasteiger partial charge in [-0.25, -0.2) is 0 Å². The van der Waals surface area contributed by atoms with Crippen LogP contribution in [0.15, 0.2) is 30.5 Å². The van der Waals surface area contributed by atoms with Crippen LogP contribution in [0.5, 0.6) is 5.75 Å². The van der Waals surface area contributed by atoms with Crippen molar-refractivity contribution >= 4 is 10.9 Å². The monoisotopic (exact) mass is 274 g/mol. The molecule has 4 nitrogen and oxygen atoms in total. The largest absolute Gasteiger partial charge is 0.496 e. The Kier molecular flexibility index (Phi) is 4.23. The first-order valence-corrected chi connectivity index (χ1v) is 7.31. The number of benzene rings is 1. The van der Waals surface area contributed by atoms with E-state index in [9.17, 15) is 0 Å². The second-order valence-corrected chi connectivity index (χ2v) is 5.24. The van der Waals surface area contributed by atoms with Gasteiger partial charge < -0.3 is 19.4 Å². The van der Waals surface area contributed by atoms with Crippen LogP contribution in [0.1, 0.15) is 12.8 Å². The maximum Gasteiger partial charge on any atom is 0.128 e. The molecule has 1 aliphatic heterocycles. The third-order valence-electron chi connectivity index (χ3n) is 4.00. The molecule has 0 bridgehead atoms. The van der Waals surface area contributed by atoms with Gasteiger partial charge in [-0.1, -0.05) is 6.07 Å². The first-order valence-electron chi connectivity index (χ1n) is 7.31. The summed E-state index contributed by atoms with van der Waals surface area (Å²) in [4.78, 5) is 0. The summed E-state index contributed by atoms with van der Waals surface area (Å²) in [6.45, 7) is 3.75. The third kappa shape index (κ3) is 2.81. The third-order valence-corrected chi connectivity index (χ3v) is 4.00. The second kappa shape index (κ2) is 6.29. The van der Waals surface area contributed by atoms with Crippen molar-refractivity contribution < 1.29 is 9.47 Å². The average molecular weight is 274 g/mol. The molecular weight excluding hydrogens is 252 g/mol. The molecule has 3 rings (SSSR count). The molecule has 1 saturated heterocycles. The Hall–Kier alpha value is -1.52. The summed E-state index contributed by atoms with van der Waals surface area (Å²) in [5.41, 5.74) is 1.23. The van der Waals surface area contributed by atoms with Crippen molar-refractivity contribution in [2.75, 3.05) is 26.9 Å². The average Bonchev–Trinajstić information content (AvgIpc) is 2.92. The molecule has 0 amide bonds. The molecule has 20 heavy (non-hydrogen) atoms. The molecule has 1 aromatic carbocycles. The van der Waals surface area contributed by atoms with Gasteiger partial charge in [-0.2, -0.15) is 0 Å². The fraction of sp³-hybridized carbons (Fsp3) is 0.500. The van der Waals surface area contributed by atoms with Crippen molar-refractivity contribution in [2.45, 2.75) is 25.4 Å². The van der Waals surface area contributed by atoms with Gasteiger partial charge in [0.1, 0.15) is 5.75 Å². The Morgan fingerprint density at radius 2 is 2.15 bits per heavy atom. The van der Waals surface area contributed by atoms with Gasteiger partial charge >= 0.3 is 0 Å². The molecule has 1 fully saturated rings. The zero-order valence-electron chi connectivity index (χ0n) is 12.0. The predicted molar refractivity (Wildman–Crippen MR) is 80.3 cm³/mol. The Balaban J connectivity index is 1.62. The number of hydrogen-bond donors (Lipinski definition) is 1. The minimum Gasteiger partial charge on any atom is -0.496 e. The molecule has 1 N–H and O–H groups in total. The Bertz CT molecular complexity index is 559. The molecule has 1 aliphatic rings.